The van der Waals surface area contributed by atoms with E-state index in [0.29, 0.717) is 11.7 Å². The van der Waals surface area contributed by atoms with E-state index in [2.05, 4.69) is 65.6 Å². The van der Waals surface area contributed by atoms with Crippen LogP contribution in [0.25, 0.3) is 0 Å². The molecule has 156 valence electrons. The molecule has 0 aromatic heterocycles. The summed E-state index contributed by atoms with van der Waals surface area (Å²) in [6, 6.07) is 21.9. The number of benzene rings is 2. The van der Waals surface area contributed by atoms with Gasteiger partial charge in [-0.1, -0.05) is 60.7 Å². The van der Waals surface area contributed by atoms with Crippen molar-refractivity contribution in [3.63, 3.8) is 0 Å². The standard InChI is InChI=1S/C28H33NO/c30-26(12-24-18-29(19-24)17-21-7-3-1-4-8-21)28-15-22-11-23(16-28)14-27(13-22,20-28)25-9-5-2-6-10-25/h1-10,22-24H,11-20H2. The van der Waals surface area contributed by atoms with Crippen LogP contribution in [0.5, 0.6) is 0 Å². The third kappa shape index (κ3) is 3.15. The van der Waals surface area contributed by atoms with Crippen molar-refractivity contribution in [1.82, 2.24) is 4.90 Å². The predicted molar refractivity (Wildman–Crippen MR) is 120 cm³/mol. The highest BCUT2D eigenvalue weighted by atomic mass is 16.1. The molecule has 2 unspecified atom stereocenters. The number of hydrogen-bond donors (Lipinski definition) is 0. The number of ketones is 1. The zero-order chi connectivity index (χ0) is 20.2. The van der Waals surface area contributed by atoms with E-state index in [1.807, 2.05) is 0 Å². The lowest BCUT2D eigenvalue weighted by Gasteiger charge is -2.62. The fourth-order valence-corrected chi connectivity index (χ4v) is 7.97. The number of likely N-dealkylation sites (tertiary alicyclic amines) is 1. The van der Waals surface area contributed by atoms with Crippen LogP contribution in [0, 0.1) is 23.2 Å². The highest BCUT2D eigenvalue weighted by molar-refractivity contribution is 5.86. The Hall–Kier alpha value is -1.93. The maximum absolute atomic E-state index is 13.7. The molecule has 2 heteroatoms. The first-order valence-electron chi connectivity index (χ1n) is 12.0. The molecule has 30 heavy (non-hydrogen) atoms. The zero-order valence-electron chi connectivity index (χ0n) is 17.9. The van der Waals surface area contributed by atoms with Crippen molar-refractivity contribution in [2.45, 2.75) is 56.9 Å². The van der Waals surface area contributed by atoms with Gasteiger partial charge in [-0.25, -0.2) is 0 Å². The van der Waals surface area contributed by atoms with Crippen molar-refractivity contribution in [1.29, 1.82) is 0 Å². The van der Waals surface area contributed by atoms with Crippen LogP contribution in [0.15, 0.2) is 60.7 Å². The minimum atomic E-state index is -0.0141. The van der Waals surface area contributed by atoms with E-state index < -0.39 is 0 Å². The molecule has 4 aliphatic carbocycles. The Morgan fingerprint density at radius 2 is 1.50 bits per heavy atom. The molecular formula is C28H33NO. The summed E-state index contributed by atoms with van der Waals surface area (Å²) in [5.74, 6) is 2.72. The van der Waals surface area contributed by atoms with Crippen LogP contribution in [-0.2, 0) is 16.8 Å². The SMILES string of the molecule is O=C(CC1CN(Cc2ccccc2)C1)C12CC3CC(C1)CC(c1ccccc1)(C3)C2. The molecule has 5 aliphatic rings. The predicted octanol–water partition coefficient (Wildman–Crippen LogP) is 5.62. The van der Waals surface area contributed by atoms with E-state index in [9.17, 15) is 4.79 Å². The van der Waals surface area contributed by atoms with Gasteiger partial charge in [-0.05, 0) is 72.8 Å². The van der Waals surface area contributed by atoms with Crippen LogP contribution in [0.2, 0.25) is 0 Å². The molecule has 7 rings (SSSR count). The summed E-state index contributed by atoms with van der Waals surface area (Å²) in [5, 5.41) is 0. The third-order valence-corrected chi connectivity index (χ3v) is 8.79. The number of carbonyl (C=O) groups is 1. The Balaban J connectivity index is 1.14. The molecule has 0 radical (unpaired) electrons. The molecule has 2 nitrogen and oxygen atoms in total. The maximum Gasteiger partial charge on any atom is 0.139 e. The summed E-state index contributed by atoms with van der Waals surface area (Å²) in [6.45, 7) is 3.21. The molecule has 4 bridgehead atoms. The van der Waals surface area contributed by atoms with Gasteiger partial charge in [0.15, 0.2) is 0 Å². The Labute approximate surface area is 180 Å². The average Bonchev–Trinajstić information content (AvgIpc) is 2.72. The number of nitrogens with zero attached hydrogens (tertiary/aromatic N) is 1. The van der Waals surface area contributed by atoms with E-state index in [1.54, 1.807) is 0 Å². The van der Waals surface area contributed by atoms with Gasteiger partial charge in [0.05, 0.1) is 0 Å². The van der Waals surface area contributed by atoms with E-state index in [-0.39, 0.29) is 10.8 Å². The maximum atomic E-state index is 13.7. The summed E-state index contributed by atoms with van der Waals surface area (Å²) in [6.07, 6.45) is 8.30. The fraction of sp³-hybridized carbons (Fsp3) is 0.536. The number of hydrogen-bond acceptors (Lipinski definition) is 2. The van der Waals surface area contributed by atoms with Gasteiger partial charge in [-0.3, -0.25) is 9.69 Å². The molecule has 2 aromatic carbocycles. The highest BCUT2D eigenvalue weighted by Gasteiger charge is 2.60. The summed E-state index contributed by atoms with van der Waals surface area (Å²) in [7, 11) is 0. The van der Waals surface area contributed by atoms with Crippen molar-refractivity contribution in [3.05, 3.63) is 71.8 Å². The van der Waals surface area contributed by atoms with Crippen LogP contribution in [0.1, 0.15) is 56.1 Å². The Morgan fingerprint density at radius 3 is 2.17 bits per heavy atom. The van der Waals surface area contributed by atoms with Crippen molar-refractivity contribution < 1.29 is 4.79 Å². The van der Waals surface area contributed by atoms with Gasteiger partial charge in [0.25, 0.3) is 0 Å². The van der Waals surface area contributed by atoms with Crippen LogP contribution in [0.4, 0.5) is 0 Å². The van der Waals surface area contributed by atoms with Crippen molar-refractivity contribution >= 4 is 5.78 Å². The first kappa shape index (κ1) is 18.8. The molecule has 0 spiro atoms. The summed E-state index contributed by atoms with van der Waals surface area (Å²) < 4.78 is 0. The lowest BCUT2D eigenvalue weighted by atomic mass is 9.42. The highest BCUT2D eigenvalue weighted by Crippen LogP contribution is 2.66. The average molecular weight is 400 g/mol. The zero-order valence-corrected chi connectivity index (χ0v) is 17.9. The molecule has 4 saturated carbocycles. The second kappa shape index (κ2) is 7.05. The van der Waals surface area contributed by atoms with E-state index in [1.165, 1.54) is 43.2 Å². The largest absolute Gasteiger partial charge is 0.299 e. The normalized spacial score (nSPS) is 35.3. The molecule has 0 N–H and O–H groups in total. The second-order valence-electron chi connectivity index (χ2n) is 11.1. The first-order chi connectivity index (χ1) is 14.6. The van der Waals surface area contributed by atoms with Crippen LogP contribution < -0.4 is 0 Å². The molecular weight excluding hydrogens is 366 g/mol. The van der Waals surface area contributed by atoms with Crippen molar-refractivity contribution in [3.8, 4) is 0 Å². The molecule has 1 heterocycles. The molecule has 1 saturated heterocycles. The van der Waals surface area contributed by atoms with Gasteiger partial charge in [0.1, 0.15) is 5.78 Å². The molecule has 5 fully saturated rings. The Morgan fingerprint density at radius 1 is 0.867 bits per heavy atom. The smallest absolute Gasteiger partial charge is 0.139 e. The van der Waals surface area contributed by atoms with Crippen molar-refractivity contribution in [2.24, 2.45) is 23.2 Å². The van der Waals surface area contributed by atoms with Crippen molar-refractivity contribution in [2.75, 3.05) is 13.1 Å². The molecule has 2 aromatic rings. The number of carbonyl (C=O) groups excluding carboxylic acids is 1. The molecule has 1 aliphatic heterocycles. The summed E-state index contributed by atoms with van der Waals surface area (Å²) in [5.41, 5.74) is 3.15. The lowest BCUT2D eigenvalue weighted by Crippen LogP contribution is -2.57. The molecule has 2 atom stereocenters. The van der Waals surface area contributed by atoms with Gasteiger partial charge in [0.2, 0.25) is 0 Å². The Kier molecular flexibility index (Phi) is 4.42. The molecule has 0 amide bonds. The summed E-state index contributed by atoms with van der Waals surface area (Å²) in [4.78, 5) is 16.2. The number of rotatable bonds is 6. The van der Waals surface area contributed by atoms with Gasteiger partial charge < -0.3 is 0 Å². The second-order valence-corrected chi connectivity index (χ2v) is 11.1. The first-order valence-corrected chi connectivity index (χ1v) is 12.0. The summed E-state index contributed by atoms with van der Waals surface area (Å²) >= 11 is 0. The van der Waals surface area contributed by atoms with E-state index >= 15 is 0 Å². The van der Waals surface area contributed by atoms with Crippen LogP contribution >= 0.6 is 0 Å². The van der Waals surface area contributed by atoms with Crippen LogP contribution in [-0.4, -0.2) is 23.8 Å². The third-order valence-electron chi connectivity index (χ3n) is 8.79. The van der Waals surface area contributed by atoms with E-state index in [0.717, 1.165) is 44.3 Å². The Bertz CT molecular complexity index is 900. The minimum absolute atomic E-state index is 0.0141. The van der Waals surface area contributed by atoms with Gasteiger partial charge >= 0.3 is 0 Å². The lowest BCUT2D eigenvalue weighted by molar-refractivity contribution is -0.149. The van der Waals surface area contributed by atoms with E-state index in [4.69, 9.17) is 0 Å². The topological polar surface area (TPSA) is 20.3 Å². The fourth-order valence-electron chi connectivity index (χ4n) is 7.97. The quantitative estimate of drug-likeness (QED) is 0.629. The number of Topliss-reactive ketones (excluding diaryl/α,β-unsaturated/α-hetero) is 1. The monoisotopic (exact) mass is 399 g/mol. The van der Waals surface area contributed by atoms with Gasteiger partial charge in [-0.15, -0.1) is 0 Å². The van der Waals surface area contributed by atoms with Gasteiger partial charge in [0, 0.05) is 31.5 Å². The van der Waals surface area contributed by atoms with Gasteiger partial charge in [-0.2, -0.15) is 0 Å². The minimum Gasteiger partial charge on any atom is -0.299 e. The van der Waals surface area contributed by atoms with Crippen LogP contribution in [0.3, 0.4) is 0 Å².